The van der Waals surface area contributed by atoms with Gasteiger partial charge in [0.05, 0.1) is 178 Å². The van der Waals surface area contributed by atoms with Crippen molar-refractivity contribution in [3.8, 4) is 0 Å². The van der Waals surface area contributed by atoms with Crippen LogP contribution in [-0.2, 0) is 71.1 Å². The summed E-state index contributed by atoms with van der Waals surface area (Å²) in [5, 5.41) is 0. The monoisotopic (exact) mass is 658 g/mol. The maximum absolute atomic E-state index is 10.9. The molecule has 0 aromatic rings. The number of ether oxygens (including phenoxy) is 14. The molecule has 0 aliphatic heterocycles. The van der Waals surface area contributed by atoms with Gasteiger partial charge in [0.1, 0.15) is 6.61 Å². The summed E-state index contributed by atoms with van der Waals surface area (Å²) >= 11 is 0. The molecule has 0 radical (unpaired) electrons. The molecule has 0 aliphatic carbocycles. The Hall–Kier alpha value is -1.47. The predicted octanol–water partition coefficient (Wildman–Crippen LogP) is 0.909. The zero-order valence-electron chi connectivity index (χ0n) is 27.3. The quantitative estimate of drug-likeness (QED) is 0.0522. The molecule has 0 unspecified atom stereocenters. The lowest BCUT2D eigenvalue weighted by molar-refractivity contribution is -0.141. The van der Waals surface area contributed by atoms with Crippen molar-refractivity contribution in [3.63, 3.8) is 0 Å². The average Bonchev–Trinajstić information content (AvgIpc) is 3.05. The van der Waals surface area contributed by atoms with Crippen LogP contribution in [-0.4, -0.2) is 178 Å². The van der Waals surface area contributed by atoms with Crippen LogP contribution in [0.2, 0.25) is 0 Å². The molecular weight excluding hydrogens is 600 g/mol. The van der Waals surface area contributed by atoms with Gasteiger partial charge >= 0.3 is 5.97 Å². The van der Waals surface area contributed by atoms with Crippen LogP contribution in [0.1, 0.15) is 6.42 Å². The predicted molar refractivity (Wildman–Crippen MR) is 163 cm³/mol. The van der Waals surface area contributed by atoms with E-state index in [1.807, 2.05) is 0 Å². The number of carbonyl (C=O) groups excluding carboxylic acids is 1. The minimum absolute atomic E-state index is 0.243. The largest absolute Gasteiger partial charge is 0.499 e. The SMILES string of the molecule is C=COCCOCCOCCOCCOCCOCCOCCOCCOCCOCCOCCOCCOCCC(=O)OC. The maximum Gasteiger partial charge on any atom is 0.307 e. The second-order valence-corrected chi connectivity index (χ2v) is 8.71. The molecule has 45 heavy (non-hydrogen) atoms. The Bertz CT molecular complexity index is 586. The first kappa shape index (κ1) is 43.5. The lowest BCUT2D eigenvalue weighted by Crippen LogP contribution is -2.15. The van der Waals surface area contributed by atoms with Gasteiger partial charge in [-0.05, 0) is 0 Å². The van der Waals surface area contributed by atoms with E-state index in [2.05, 4.69) is 11.3 Å². The van der Waals surface area contributed by atoms with E-state index >= 15 is 0 Å². The Morgan fingerprint density at radius 1 is 0.378 bits per heavy atom. The van der Waals surface area contributed by atoms with Crippen molar-refractivity contribution in [3.05, 3.63) is 12.8 Å². The molecule has 15 heteroatoms. The standard InChI is InChI=1S/C30H58O15/c1-3-33-6-7-35-10-11-37-14-15-39-18-19-41-22-23-43-26-27-45-29-28-44-25-24-42-21-20-40-17-16-38-13-12-36-9-8-34-5-4-30(31)32-2/h3H,1,4-29H2,2H3. The van der Waals surface area contributed by atoms with Gasteiger partial charge in [0.15, 0.2) is 0 Å². The molecule has 0 N–H and O–H groups in total. The summed E-state index contributed by atoms with van der Waals surface area (Å²) in [6.45, 7) is 15.7. The van der Waals surface area contributed by atoms with Gasteiger partial charge in [-0.15, -0.1) is 0 Å². The van der Waals surface area contributed by atoms with Crippen LogP contribution in [0.4, 0.5) is 0 Å². The highest BCUT2D eigenvalue weighted by Crippen LogP contribution is 1.89. The third-order valence-electron chi connectivity index (χ3n) is 5.23. The van der Waals surface area contributed by atoms with E-state index in [9.17, 15) is 4.79 Å². The second-order valence-electron chi connectivity index (χ2n) is 8.71. The van der Waals surface area contributed by atoms with Crippen LogP contribution in [0.5, 0.6) is 0 Å². The molecule has 0 aromatic carbocycles. The molecule has 0 saturated heterocycles. The Labute approximate surface area is 268 Å². The molecule has 268 valence electrons. The summed E-state index contributed by atoms with van der Waals surface area (Å²) in [5.74, 6) is -0.287. The van der Waals surface area contributed by atoms with Gasteiger partial charge in [-0.2, -0.15) is 0 Å². The minimum Gasteiger partial charge on any atom is -0.499 e. The molecular formula is C30H58O15. The van der Waals surface area contributed by atoms with Crippen LogP contribution in [0.3, 0.4) is 0 Å². The molecule has 0 atom stereocenters. The van der Waals surface area contributed by atoms with Gasteiger partial charge < -0.3 is 66.3 Å². The van der Waals surface area contributed by atoms with Crippen LogP contribution in [0.25, 0.3) is 0 Å². The number of methoxy groups -OCH3 is 1. The molecule has 0 fully saturated rings. The Balaban J connectivity index is 3.05. The van der Waals surface area contributed by atoms with Crippen LogP contribution < -0.4 is 0 Å². The highest BCUT2D eigenvalue weighted by atomic mass is 16.6. The lowest BCUT2D eigenvalue weighted by Gasteiger charge is -2.09. The molecule has 0 heterocycles. The van der Waals surface area contributed by atoms with E-state index in [0.29, 0.717) is 165 Å². The lowest BCUT2D eigenvalue weighted by atomic mass is 10.5. The van der Waals surface area contributed by atoms with E-state index in [1.54, 1.807) is 0 Å². The van der Waals surface area contributed by atoms with Crippen molar-refractivity contribution in [2.45, 2.75) is 6.42 Å². The van der Waals surface area contributed by atoms with Gasteiger partial charge in [-0.3, -0.25) is 4.79 Å². The first-order valence-electron chi connectivity index (χ1n) is 15.5. The van der Waals surface area contributed by atoms with E-state index in [1.165, 1.54) is 13.4 Å². The molecule has 0 spiro atoms. The third-order valence-corrected chi connectivity index (χ3v) is 5.23. The average molecular weight is 659 g/mol. The van der Waals surface area contributed by atoms with Gasteiger partial charge in [-0.1, -0.05) is 6.58 Å². The topological polar surface area (TPSA) is 146 Å². The minimum atomic E-state index is -0.287. The van der Waals surface area contributed by atoms with Gasteiger partial charge in [0, 0.05) is 0 Å². The molecule has 0 amide bonds. The summed E-state index contributed by atoms with van der Waals surface area (Å²) in [4.78, 5) is 10.9. The first-order valence-corrected chi connectivity index (χ1v) is 15.5. The molecule has 0 aromatic heterocycles. The fraction of sp³-hybridized carbons (Fsp3) is 0.900. The zero-order valence-corrected chi connectivity index (χ0v) is 27.3. The summed E-state index contributed by atoms with van der Waals surface area (Å²) in [7, 11) is 1.35. The number of rotatable bonds is 40. The number of hydrogen-bond donors (Lipinski definition) is 0. The zero-order chi connectivity index (χ0) is 32.6. The van der Waals surface area contributed by atoms with Crippen LogP contribution in [0.15, 0.2) is 12.8 Å². The Morgan fingerprint density at radius 3 is 0.778 bits per heavy atom. The van der Waals surface area contributed by atoms with Crippen molar-refractivity contribution in [2.24, 2.45) is 0 Å². The van der Waals surface area contributed by atoms with E-state index < -0.39 is 0 Å². The van der Waals surface area contributed by atoms with E-state index in [-0.39, 0.29) is 12.4 Å². The van der Waals surface area contributed by atoms with Crippen molar-refractivity contribution in [1.29, 1.82) is 0 Å². The van der Waals surface area contributed by atoms with Crippen molar-refractivity contribution >= 4 is 5.97 Å². The summed E-state index contributed by atoms with van der Waals surface area (Å²) < 4.78 is 74.4. The fourth-order valence-corrected chi connectivity index (χ4v) is 2.97. The summed E-state index contributed by atoms with van der Waals surface area (Å²) in [5.41, 5.74) is 0. The van der Waals surface area contributed by atoms with Crippen LogP contribution in [0, 0.1) is 0 Å². The highest BCUT2D eigenvalue weighted by molar-refractivity contribution is 5.69. The second kappa shape index (κ2) is 40.6. The fourth-order valence-electron chi connectivity index (χ4n) is 2.97. The van der Waals surface area contributed by atoms with Crippen molar-refractivity contribution in [1.82, 2.24) is 0 Å². The Morgan fingerprint density at radius 2 is 0.578 bits per heavy atom. The number of hydrogen-bond acceptors (Lipinski definition) is 15. The van der Waals surface area contributed by atoms with Crippen LogP contribution >= 0.6 is 0 Å². The molecule has 0 bridgehead atoms. The van der Waals surface area contributed by atoms with E-state index in [4.69, 9.17) is 61.6 Å². The van der Waals surface area contributed by atoms with E-state index in [0.717, 1.165) is 0 Å². The summed E-state index contributed by atoms with van der Waals surface area (Å²) in [6, 6.07) is 0. The smallest absolute Gasteiger partial charge is 0.307 e. The normalized spacial score (nSPS) is 11.2. The van der Waals surface area contributed by atoms with Gasteiger partial charge in [0.2, 0.25) is 0 Å². The molecule has 0 rings (SSSR count). The van der Waals surface area contributed by atoms with Gasteiger partial charge in [-0.25, -0.2) is 0 Å². The van der Waals surface area contributed by atoms with Crippen molar-refractivity contribution < 1.29 is 71.1 Å². The molecule has 0 aliphatic rings. The van der Waals surface area contributed by atoms with Crippen molar-refractivity contribution in [2.75, 3.05) is 172 Å². The molecule has 0 saturated carbocycles. The summed E-state index contributed by atoms with van der Waals surface area (Å²) in [6.07, 6.45) is 1.64. The number of carbonyl (C=O) groups is 1. The third kappa shape index (κ3) is 40.5. The van der Waals surface area contributed by atoms with Gasteiger partial charge in [0.25, 0.3) is 0 Å². The molecule has 15 nitrogen and oxygen atoms in total. The highest BCUT2D eigenvalue weighted by Gasteiger charge is 1.99. The first-order chi connectivity index (χ1) is 22.3. The number of esters is 1. The Kier molecular flexibility index (Phi) is 39.2. The maximum atomic E-state index is 10.9.